The molecule has 0 saturated carbocycles. The van der Waals surface area contributed by atoms with Crippen LogP contribution in [0.4, 0.5) is 5.82 Å². The summed E-state index contributed by atoms with van der Waals surface area (Å²) in [6.45, 7) is 1.16. The van der Waals surface area contributed by atoms with Gasteiger partial charge in [0.1, 0.15) is 11.5 Å². The van der Waals surface area contributed by atoms with E-state index >= 15 is 0 Å². The first-order valence-electron chi connectivity index (χ1n) is 8.59. The van der Waals surface area contributed by atoms with Crippen LogP contribution in [0.15, 0.2) is 67.1 Å². The summed E-state index contributed by atoms with van der Waals surface area (Å²) in [4.78, 5) is 24.7. The quantitative estimate of drug-likeness (QED) is 0.613. The van der Waals surface area contributed by atoms with Crippen molar-refractivity contribution in [2.24, 2.45) is 0 Å². The highest BCUT2D eigenvalue weighted by Crippen LogP contribution is 2.04. The van der Waals surface area contributed by atoms with Crippen LogP contribution in [-0.4, -0.2) is 27.4 Å². The maximum atomic E-state index is 12.1. The zero-order chi connectivity index (χ0) is 18.0. The van der Waals surface area contributed by atoms with Crippen LogP contribution in [0.1, 0.15) is 28.2 Å². The molecule has 0 spiro atoms. The number of hydrogen-bond acceptors (Lipinski definition) is 5. The summed E-state index contributed by atoms with van der Waals surface area (Å²) < 4.78 is 0. The molecule has 6 nitrogen and oxygen atoms in total. The summed E-state index contributed by atoms with van der Waals surface area (Å²) in [6, 6.07) is 15.9. The Hall–Kier alpha value is -3.28. The summed E-state index contributed by atoms with van der Waals surface area (Å²) in [5.74, 6) is 0.401. The van der Waals surface area contributed by atoms with E-state index in [9.17, 15) is 4.79 Å². The standard InChI is InChI=1S/C20H21N5O/c26-20(22-12-6-9-16-7-2-1-3-8-16)18-14-25-19(15-23-18)24-13-17-10-4-5-11-21-17/h1-5,7-8,10-11,14-15H,6,9,12-13H2,(H,22,26)(H,24,25). The van der Waals surface area contributed by atoms with E-state index in [2.05, 4.69) is 37.7 Å². The molecule has 0 unspecified atom stereocenters. The average molecular weight is 347 g/mol. The van der Waals surface area contributed by atoms with Crippen molar-refractivity contribution < 1.29 is 4.79 Å². The molecule has 3 rings (SSSR count). The number of carbonyl (C=O) groups excluding carboxylic acids is 1. The Morgan fingerprint density at radius 1 is 0.923 bits per heavy atom. The normalized spacial score (nSPS) is 10.3. The number of aromatic nitrogens is 3. The molecular formula is C20H21N5O. The van der Waals surface area contributed by atoms with E-state index in [0.29, 0.717) is 24.6 Å². The molecule has 0 saturated heterocycles. The van der Waals surface area contributed by atoms with Gasteiger partial charge >= 0.3 is 0 Å². The van der Waals surface area contributed by atoms with Crippen molar-refractivity contribution in [3.05, 3.63) is 84.1 Å². The maximum Gasteiger partial charge on any atom is 0.271 e. The van der Waals surface area contributed by atoms with Crippen LogP contribution in [0, 0.1) is 0 Å². The van der Waals surface area contributed by atoms with Crippen LogP contribution in [0.2, 0.25) is 0 Å². The molecule has 0 radical (unpaired) electrons. The Balaban J connectivity index is 1.41. The maximum absolute atomic E-state index is 12.1. The highest BCUT2D eigenvalue weighted by molar-refractivity contribution is 5.91. The number of nitrogens with zero attached hydrogens (tertiary/aromatic N) is 3. The first kappa shape index (κ1) is 17.5. The molecule has 1 amide bonds. The second kappa shape index (κ2) is 9.27. The summed E-state index contributed by atoms with van der Waals surface area (Å²) in [5, 5.41) is 6.00. The number of anilines is 1. The van der Waals surface area contributed by atoms with Gasteiger partial charge in [0, 0.05) is 12.7 Å². The molecule has 0 aliphatic heterocycles. The number of rotatable bonds is 8. The van der Waals surface area contributed by atoms with Crippen molar-refractivity contribution in [3.8, 4) is 0 Å². The van der Waals surface area contributed by atoms with Gasteiger partial charge in [0.2, 0.25) is 0 Å². The molecule has 2 heterocycles. The van der Waals surface area contributed by atoms with Crippen molar-refractivity contribution >= 4 is 11.7 Å². The summed E-state index contributed by atoms with van der Waals surface area (Å²) in [5.41, 5.74) is 2.49. The minimum atomic E-state index is -0.207. The van der Waals surface area contributed by atoms with Crippen LogP contribution < -0.4 is 10.6 Å². The minimum absolute atomic E-state index is 0.207. The van der Waals surface area contributed by atoms with Gasteiger partial charge in [-0.3, -0.25) is 9.78 Å². The molecule has 2 N–H and O–H groups in total. The number of aryl methyl sites for hydroxylation is 1. The van der Waals surface area contributed by atoms with Crippen molar-refractivity contribution in [2.75, 3.05) is 11.9 Å². The Kier molecular flexibility index (Phi) is 6.25. The van der Waals surface area contributed by atoms with Gasteiger partial charge < -0.3 is 10.6 Å². The van der Waals surface area contributed by atoms with E-state index in [1.165, 1.54) is 11.8 Å². The first-order chi connectivity index (χ1) is 12.8. The molecule has 26 heavy (non-hydrogen) atoms. The van der Waals surface area contributed by atoms with Crippen molar-refractivity contribution in [1.82, 2.24) is 20.3 Å². The fraction of sp³-hybridized carbons (Fsp3) is 0.200. The number of benzene rings is 1. The lowest BCUT2D eigenvalue weighted by atomic mass is 10.1. The molecule has 6 heteroatoms. The van der Waals surface area contributed by atoms with Crippen LogP contribution in [0.3, 0.4) is 0 Å². The molecule has 3 aromatic rings. The number of amides is 1. The monoisotopic (exact) mass is 347 g/mol. The van der Waals surface area contributed by atoms with Gasteiger partial charge in [-0.2, -0.15) is 0 Å². The van der Waals surface area contributed by atoms with Gasteiger partial charge in [0.25, 0.3) is 5.91 Å². The molecule has 0 atom stereocenters. The van der Waals surface area contributed by atoms with Crippen molar-refractivity contribution in [3.63, 3.8) is 0 Å². The summed E-state index contributed by atoms with van der Waals surface area (Å²) >= 11 is 0. The molecule has 1 aromatic carbocycles. The van der Waals surface area contributed by atoms with Crippen molar-refractivity contribution in [2.45, 2.75) is 19.4 Å². The molecule has 0 bridgehead atoms. The highest BCUT2D eigenvalue weighted by atomic mass is 16.1. The van der Waals surface area contributed by atoms with E-state index in [0.717, 1.165) is 18.5 Å². The smallest absolute Gasteiger partial charge is 0.271 e. The highest BCUT2D eigenvalue weighted by Gasteiger charge is 2.07. The third-order valence-corrected chi connectivity index (χ3v) is 3.83. The van der Waals surface area contributed by atoms with E-state index in [-0.39, 0.29) is 5.91 Å². The summed E-state index contributed by atoms with van der Waals surface area (Å²) in [7, 11) is 0. The minimum Gasteiger partial charge on any atom is -0.363 e. The van der Waals surface area contributed by atoms with Gasteiger partial charge in [0.15, 0.2) is 0 Å². The van der Waals surface area contributed by atoms with E-state index in [1.54, 1.807) is 12.4 Å². The lowest BCUT2D eigenvalue weighted by molar-refractivity contribution is 0.0948. The molecule has 0 fully saturated rings. The third-order valence-electron chi connectivity index (χ3n) is 3.83. The van der Waals surface area contributed by atoms with Gasteiger partial charge in [-0.05, 0) is 30.5 Å². The molecule has 132 valence electrons. The lowest BCUT2D eigenvalue weighted by Gasteiger charge is -2.07. The molecule has 0 aliphatic carbocycles. The predicted octanol–water partition coefficient (Wildman–Crippen LogP) is 2.85. The Bertz CT molecular complexity index is 807. The van der Waals surface area contributed by atoms with E-state index in [4.69, 9.17) is 0 Å². The fourth-order valence-electron chi connectivity index (χ4n) is 2.45. The Morgan fingerprint density at radius 2 is 1.77 bits per heavy atom. The van der Waals surface area contributed by atoms with Crippen LogP contribution in [-0.2, 0) is 13.0 Å². The van der Waals surface area contributed by atoms with Gasteiger partial charge in [-0.1, -0.05) is 36.4 Å². The topological polar surface area (TPSA) is 79.8 Å². The zero-order valence-corrected chi connectivity index (χ0v) is 14.4. The van der Waals surface area contributed by atoms with Crippen LogP contribution in [0.25, 0.3) is 0 Å². The fourth-order valence-corrected chi connectivity index (χ4v) is 2.45. The SMILES string of the molecule is O=C(NCCCc1ccccc1)c1cnc(NCc2ccccn2)cn1. The summed E-state index contributed by atoms with van der Waals surface area (Å²) in [6.07, 6.45) is 6.60. The Morgan fingerprint density at radius 3 is 2.50 bits per heavy atom. The van der Waals surface area contributed by atoms with E-state index < -0.39 is 0 Å². The lowest BCUT2D eigenvalue weighted by Crippen LogP contribution is -2.25. The van der Waals surface area contributed by atoms with E-state index in [1.807, 2.05) is 36.4 Å². The van der Waals surface area contributed by atoms with Gasteiger partial charge in [-0.25, -0.2) is 9.97 Å². The van der Waals surface area contributed by atoms with Gasteiger partial charge in [0.05, 0.1) is 24.6 Å². The third kappa shape index (κ3) is 5.37. The second-order valence-electron chi connectivity index (χ2n) is 5.81. The van der Waals surface area contributed by atoms with Crippen molar-refractivity contribution in [1.29, 1.82) is 0 Å². The average Bonchev–Trinajstić information content (AvgIpc) is 2.71. The number of carbonyl (C=O) groups is 1. The van der Waals surface area contributed by atoms with Gasteiger partial charge in [-0.15, -0.1) is 0 Å². The predicted molar refractivity (Wildman–Crippen MR) is 101 cm³/mol. The number of hydrogen-bond donors (Lipinski definition) is 2. The van der Waals surface area contributed by atoms with Crippen LogP contribution in [0.5, 0.6) is 0 Å². The Labute approximate surface area is 152 Å². The van der Waals surface area contributed by atoms with Crippen LogP contribution >= 0.6 is 0 Å². The molecule has 2 aromatic heterocycles. The molecular weight excluding hydrogens is 326 g/mol. The zero-order valence-electron chi connectivity index (χ0n) is 14.4. The number of pyridine rings is 1. The molecule has 0 aliphatic rings. The second-order valence-corrected chi connectivity index (χ2v) is 5.81. The number of nitrogens with one attached hydrogen (secondary N) is 2. The largest absolute Gasteiger partial charge is 0.363 e. The first-order valence-corrected chi connectivity index (χ1v) is 8.59.